The normalized spacial score (nSPS) is 16.9. The highest BCUT2D eigenvalue weighted by atomic mass is 32.2. The van der Waals surface area contributed by atoms with E-state index in [4.69, 9.17) is 9.73 Å². The SMILES string of the molecule is CSC(=Nc1ccc(C)cc1)[N+](C)(/C(=C/C(=O)O)C(=O)O)C1CCN(CCCCOc2ccc(F)c(F)c2)CC1. The summed E-state index contributed by atoms with van der Waals surface area (Å²) in [5.41, 5.74) is 1.50. The minimum atomic E-state index is -1.32. The molecule has 1 saturated heterocycles. The van der Waals surface area contributed by atoms with Crippen molar-refractivity contribution in [1.29, 1.82) is 0 Å². The molecule has 0 amide bonds. The van der Waals surface area contributed by atoms with E-state index in [1.54, 1.807) is 7.05 Å². The fourth-order valence-electron chi connectivity index (χ4n) is 4.89. The lowest BCUT2D eigenvalue weighted by molar-refractivity contribution is -0.803. The van der Waals surface area contributed by atoms with Crippen molar-refractivity contribution < 1.29 is 37.8 Å². The lowest BCUT2D eigenvalue weighted by atomic mass is 9.99. The summed E-state index contributed by atoms with van der Waals surface area (Å²) >= 11 is 1.32. The maximum Gasteiger partial charge on any atom is 0.391 e. The molecule has 0 bridgehead atoms. The van der Waals surface area contributed by atoms with E-state index in [2.05, 4.69) is 4.90 Å². The van der Waals surface area contributed by atoms with Gasteiger partial charge in [0.05, 0.1) is 25.4 Å². The first-order valence-corrected chi connectivity index (χ1v) is 14.3. The number of likely N-dealkylation sites (tertiary alicyclic amines) is 1. The van der Waals surface area contributed by atoms with Gasteiger partial charge in [-0.2, -0.15) is 4.99 Å². The number of aliphatic carboxylic acids is 2. The molecule has 0 aliphatic carbocycles. The summed E-state index contributed by atoms with van der Waals surface area (Å²) in [7, 11) is 1.74. The first-order valence-electron chi connectivity index (χ1n) is 13.1. The van der Waals surface area contributed by atoms with Gasteiger partial charge in [-0.05, 0) is 68.6 Å². The van der Waals surface area contributed by atoms with E-state index >= 15 is 0 Å². The molecular formula is C29H36F2N3O5S+. The van der Waals surface area contributed by atoms with E-state index in [0.717, 1.165) is 43.2 Å². The molecule has 2 aromatic rings. The number of hydrogen-bond acceptors (Lipinski definition) is 6. The molecule has 1 aliphatic heterocycles. The van der Waals surface area contributed by atoms with Crippen LogP contribution in [-0.2, 0) is 9.59 Å². The number of carbonyl (C=O) groups is 2. The van der Waals surface area contributed by atoms with E-state index in [9.17, 15) is 28.6 Å². The van der Waals surface area contributed by atoms with E-state index < -0.39 is 23.6 Å². The number of unbranched alkanes of at least 4 members (excludes halogenated alkanes) is 1. The molecule has 3 rings (SSSR count). The summed E-state index contributed by atoms with van der Waals surface area (Å²) in [6, 6.07) is 10.8. The fraction of sp³-hybridized carbons (Fsp3) is 0.414. The number of piperidine rings is 1. The Bertz CT molecular complexity index is 1250. The van der Waals surface area contributed by atoms with Crippen molar-refractivity contribution in [2.75, 3.05) is 39.5 Å². The number of thioether (sulfide) groups is 1. The molecule has 11 heteroatoms. The average Bonchev–Trinajstić information content (AvgIpc) is 2.93. The quantitative estimate of drug-likeness (QED) is 0.121. The van der Waals surface area contributed by atoms with Crippen molar-refractivity contribution in [2.45, 2.75) is 38.6 Å². The molecule has 0 aromatic heterocycles. The van der Waals surface area contributed by atoms with Gasteiger partial charge in [0, 0.05) is 32.0 Å². The molecular weight excluding hydrogens is 540 g/mol. The molecule has 2 aromatic carbocycles. The minimum Gasteiger partial charge on any atom is -0.493 e. The Balaban J connectivity index is 1.68. The van der Waals surface area contributed by atoms with Gasteiger partial charge in [0.2, 0.25) is 5.70 Å². The average molecular weight is 577 g/mol. The first kappa shape index (κ1) is 31.3. The molecule has 1 aliphatic rings. The van der Waals surface area contributed by atoms with E-state index in [1.165, 1.54) is 17.8 Å². The summed E-state index contributed by atoms with van der Waals surface area (Å²) in [4.78, 5) is 31.1. The van der Waals surface area contributed by atoms with E-state index in [1.807, 2.05) is 37.4 Å². The number of likely N-dealkylation sites (N-methyl/N-ethyl adjacent to an activating group) is 1. The molecule has 8 nitrogen and oxygen atoms in total. The van der Waals surface area contributed by atoms with E-state index in [0.29, 0.717) is 43.4 Å². The fourth-order valence-corrected chi connectivity index (χ4v) is 5.71. The number of aliphatic imine (C=N–C) groups is 1. The molecule has 40 heavy (non-hydrogen) atoms. The lowest BCUT2D eigenvalue weighted by Crippen LogP contribution is -2.59. The highest BCUT2D eigenvalue weighted by Crippen LogP contribution is 2.34. The number of amidine groups is 1. The second kappa shape index (κ2) is 14.4. The van der Waals surface area contributed by atoms with Crippen LogP contribution < -0.4 is 4.74 Å². The summed E-state index contributed by atoms with van der Waals surface area (Å²) in [6.45, 7) is 4.59. The highest BCUT2D eigenvalue weighted by Gasteiger charge is 2.47. The number of halogens is 2. The second-order valence-corrected chi connectivity index (χ2v) is 10.7. The van der Waals surface area contributed by atoms with Crippen LogP contribution in [0.5, 0.6) is 5.75 Å². The molecule has 1 heterocycles. The molecule has 0 spiro atoms. The Morgan fingerprint density at radius 1 is 1.10 bits per heavy atom. The van der Waals surface area contributed by atoms with Gasteiger partial charge < -0.3 is 19.8 Å². The molecule has 1 atom stereocenters. The molecule has 2 N–H and O–H groups in total. The predicted molar refractivity (Wildman–Crippen MR) is 152 cm³/mol. The Hall–Kier alpha value is -3.28. The number of ether oxygens (including phenoxy) is 1. The van der Waals surface area contributed by atoms with Crippen molar-refractivity contribution in [1.82, 2.24) is 4.90 Å². The number of benzene rings is 2. The summed E-state index contributed by atoms with van der Waals surface area (Å²) in [6.07, 6.45) is 5.48. The monoisotopic (exact) mass is 576 g/mol. The lowest BCUT2D eigenvalue weighted by Gasteiger charge is -2.43. The van der Waals surface area contributed by atoms with Gasteiger partial charge in [0.15, 0.2) is 11.6 Å². The van der Waals surface area contributed by atoms with Crippen LogP contribution in [-0.4, -0.2) is 82.3 Å². The highest BCUT2D eigenvalue weighted by molar-refractivity contribution is 8.12. The van der Waals surface area contributed by atoms with Gasteiger partial charge in [-0.25, -0.2) is 22.9 Å². The van der Waals surface area contributed by atoms with Crippen LogP contribution in [0, 0.1) is 18.6 Å². The topological polar surface area (TPSA) is 99.4 Å². The van der Waals surface area contributed by atoms with Gasteiger partial charge in [-0.3, -0.25) is 0 Å². The van der Waals surface area contributed by atoms with Crippen LogP contribution in [0.3, 0.4) is 0 Å². The number of rotatable bonds is 11. The molecule has 0 radical (unpaired) electrons. The number of hydrogen-bond donors (Lipinski definition) is 2. The van der Waals surface area contributed by atoms with Crippen molar-refractivity contribution in [3.8, 4) is 5.75 Å². The van der Waals surface area contributed by atoms with Crippen LogP contribution in [0.4, 0.5) is 14.5 Å². The summed E-state index contributed by atoms with van der Waals surface area (Å²) < 4.78 is 31.7. The number of quaternary nitrogens is 1. The molecule has 1 fully saturated rings. The first-order chi connectivity index (χ1) is 19.0. The third-order valence-electron chi connectivity index (χ3n) is 7.13. The second-order valence-electron chi connectivity index (χ2n) is 9.89. The summed E-state index contributed by atoms with van der Waals surface area (Å²) in [5, 5.41) is 20.1. The van der Waals surface area contributed by atoms with Crippen molar-refractivity contribution >= 4 is 34.6 Å². The van der Waals surface area contributed by atoms with Gasteiger partial charge in [-0.15, -0.1) is 0 Å². The Morgan fingerprint density at radius 2 is 1.77 bits per heavy atom. The maximum absolute atomic E-state index is 13.3. The molecule has 216 valence electrons. The smallest absolute Gasteiger partial charge is 0.391 e. The van der Waals surface area contributed by atoms with Crippen LogP contribution >= 0.6 is 11.8 Å². The zero-order chi connectivity index (χ0) is 29.3. The van der Waals surface area contributed by atoms with Crippen molar-refractivity contribution in [2.24, 2.45) is 4.99 Å². The van der Waals surface area contributed by atoms with Gasteiger partial charge in [0.1, 0.15) is 11.8 Å². The van der Waals surface area contributed by atoms with E-state index in [-0.39, 0.29) is 22.0 Å². The van der Waals surface area contributed by atoms with Crippen LogP contribution in [0.1, 0.15) is 31.2 Å². The van der Waals surface area contributed by atoms with Crippen molar-refractivity contribution in [3.05, 3.63) is 71.4 Å². The van der Waals surface area contributed by atoms with Crippen LogP contribution in [0.2, 0.25) is 0 Å². The minimum absolute atomic E-state index is 0.189. The zero-order valence-electron chi connectivity index (χ0n) is 23.0. The van der Waals surface area contributed by atoms with Gasteiger partial charge in [-0.1, -0.05) is 17.7 Å². The molecule has 1 unspecified atom stereocenters. The standard InChI is InChI=1S/C29H35F2N3O5S/c1-20-6-8-21(9-7-20)32-29(40-3)34(2,26(28(37)38)19-27(35)36)22-12-15-33(16-13-22)14-4-5-17-39-23-10-11-24(30)25(31)18-23/h6-11,18-19,22H,4-5,12-17H2,1-3H3,(H-,35,36,37,38)/p+1/b26-19+,32-29?. The van der Waals surface area contributed by atoms with Crippen LogP contribution in [0.15, 0.2) is 59.2 Å². The summed E-state index contributed by atoms with van der Waals surface area (Å²) in [5.74, 6) is -4.18. The third-order valence-corrected chi connectivity index (χ3v) is 7.97. The Kier molecular flexibility index (Phi) is 11.2. The van der Waals surface area contributed by atoms with Gasteiger partial charge >= 0.3 is 11.9 Å². The third kappa shape index (κ3) is 8.12. The Morgan fingerprint density at radius 3 is 2.35 bits per heavy atom. The number of aryl methyl sites for hydroxylation is 1. The van der Waals surface area contributed by atoms with Crippen molar-refractivity contribution in [3.63, 3.8) is 0 Å². The maximum atomic E-state index is 13.3. The Labute approximate surface area is 237 Å². The predicted octanol–water partition coefficient (Wildman–Crippen LogP) is 5.45. The number of carboxylic acids is 2. The van der Waals surface area contributed by atoms with Gasteiger partial charge in [0.25, 0.3) is 5.17 Å². The number of carboxylic acid groups (broad SMARTS) is 2. The van der Waals surface area contributed by atoms with Crippen LogP contribution in [0.25, 0.3) is 0 Å². The zero-order valence-corrected chi connectivity index (χ0v) is 23.8. The number of nitrogens with zero attached hydrogens (tertiary/aromatic N) is 3. The molecule has 0 saturated carbocycles. The largest absolute Gasteiger partial charge is 0.493 e.